The number of hydrogen-bond acceptors (Lipinski definition) is 8. The summed E-state index contributed by atoms with van der Waals surface area (Å²) < 4.78 is 16.0. The average molecular weight is 389 g/mol. The highest BCUT2D eigenvalue weighted by Crippen LogP contribution is 2.19. The molecule has 0 fully saturated rings. The molecule has 1 aliphatic rings. The van der Waals surface area contributed by atoms with Gasteiger partial charge in [0, 0.05) is 20.3 Å². The van der Waals surface area contributed by atoms with Crippen molar-refractivity contribution in [3.8, 4) is 0 Å². The molecule has 1 aromatic carbocycles. The summed E-state index contributed by atoms with van der Waals surface area (Å²) >= 11 is 0. The van der Waals surface area contributed by atoms with Crippen LogP contribution in [0, 0.1) is 0 Å². The Morgan fingerprint density at radius 2 is 1.75 bits per heavy atom. The normalized spacial score (nSPS) is 21.7. The van der Waals surface area contributed by atoms with E-state index in [2.05, 4.69) is 5.16 Å². The minimum atomic E-state index is -0.652. The molecule has 1 heterocycles. The van der Waals surface area contributed by atoms with E-state index in [9.17, 15) is 14.4 Å². The third kappa shape index (κ3) is 6.96. The summed E-state index contributed by atoms with van der Waals surface area (Å²) in [6.07, 6.45) is 2.08. The molecule has 0 aliphatic carbocycles. The van der Waals surface area contributed by atoms with Crippen LogP contribution in [0.4, 0.5) is 0 Å². The zero-order chi connectivity index (χ0) is 20.5. The predicted octanol–water partition coefficient (Wildman–Crippen LogP) is 2.43. The fourth-order valence-electron chi connectivity index (χ4n) is 2.54. The average Bonchev–Trinajstić information content (AvgIpc) is 2.66. The van der Waals surface area contributed by atoms with Crippen LogP contribution in [-0.4, -0.2) is 48.5 Å². The van der Waals surface area contributed by atoms with Crippen molar-refractivity contribution in [2.24, 2.45) is 5.16 Å². The van der Waals surface area contributed by atoms with E-state index in [-0.39, 0.29) is 6.61 Å². The van der Waals surface area contributed by atoms with Crippen LogP contribution in [0.15, 0.2) is 47.6 Å². The van der Waals surface area contributed by atoms with E-state index in [1.54, 1.807) is 49.4 Å². The van der Waals surface area contributed by atoms with Crippen LogP contribution in [0.2, 0.25) is 0 Å². The predicted molar refractivity (Wildman–Crippen MR) is 99.6 cm³/mol. The summed E-state index contributed by atoms with van der Waals surface area (Å²) in [5, 5.41) is 3.84. The molecule has 0 unspecified atom stereocenters. The molecule has 8 nitrogen and oxygen atoms in total. The van der Waals surface area contributed by atoms with E-state index in [4.69, 9.17) is 19.0 Å². The minimum Gasteiger partial charge on any atom is -0.463 e. The molecule has 0 saturated carbocycles. The maximum atomic E-state index is 11.9. The fourth-order valence-corrected chi connectivity index (χ4v) is 2.54. The Bertz CT molecular complexity index is 757. The summed E-state index contributed by atoms with van der Waals surface area (Å²) in [5.74, 6) is -1.47. The summed E-state index contributed by atoms with van der Waals surface area (Å²) in [6.45, 7) is 4.23. The molecule has 1 aromatic rings. The van der Waals surface area contributed by atoms with Gasteiger partial charge < -0.3 is 19.0 Å². The Hall–Kier alpha value is -3.00. The summed E-state index contributed by atoms with van der Waals surface area (Å²) in [7, 11) is 0. The molecule has 0 amide bonds. The molecule has 3 atom stereocenters. The van der Waals surface area contributed by atoms with Gasteiger partial charge in [-0.25, -0.2) is 4.79 Å². The van der Waals surface area contributed by atoms with Crippen LogP contribution in [0.1, 0.15) is 37.6 Å². The first-order valence-corrected chi connectivity index (χ1v) is 8.79. The molecule has 0 bridgehead atoms. The van der Waals surface area contributed by atoms with E-state index >= 15 is 0 Å². The van der Waals surface area contributed by atoms with Gasteiger partial charge in [0.15, 0.2) is 0 Å². The number of hydrogen-bond donors (Lipinski definition) is 0. The van der Waals surface area contributed by atoms with Gasteiger partial charge in [-0.05, 0) is 25.1 Å². The molecule has 0 spiro atoms. The Labute approximate surface area is 163 Å². The molecule has 8 heteroatoms. The monoisotopic (exact) mass is 389 g/mol. The van der Waals surface area contributed by atoms with Crippen LogP contribution in [-0.2, 0) is 28.6 Å². The zero-order valence-electron chi connectivity index (χ0n) is 16.0. The van der Waals surface area contributed by atoms with Gasteiger partial charge in [0.2, 0.25) is 0 Å². The van der Waals surface area contributed by atoms with Gasteiger partial charge >= 0.3 is 17.9 Å². The number of carbonyl (C=O) groups excluding carboxylic acids is 3. The molecule has 2 rings (SSSR count). The first-order valence-electron chi connectivity index (χ1n) is 8.79. The van der Waals surface area contributed by atoms with Crippen LogP contribution < -0.4 is 0 Å². The number of rotatable bonds is 7. The van der Waals surface area contributed by atoms with Gasteiger partial charge in [-0.3, -0.25) is 9.59 Å². The Morgan fingerprint density at radius 1 is 1.04 bits per heavy atom. The Balaban J connectivity index is 1.95. The summed E-state index contributed by atoms with van der Waals surface area (Å²) in [6, 6.07) is 8.53. The highest BCUT2D eigenvalue weighted by atomic mass is 16.7. The topological polar surface area (TPSA) is 100 Å². The number of benzene rings is 1. The first kappa shape index (κ1) is 21.3. The number of carbonyl (C=O) groups is 3. The van der Waals surface area contributed by atoms with Crippen molar-refractivity contribution >= 4 is 23.6 Å². The van der Waals surface area contributed by atoms with Crippen molar-refractivity contribution in [3.05, 3.63) is 48.0 Å². The number of esters is 2. The van der Waals surface area contributed by atoms with E-state index in [0.717, 1.165) is 0 Å². The molecular formula is C20H23NO7. The third-order valence-electron chi connectivity index (χ3n) is 3.77. The third-order valence-corrected chi connectivity index (χ3v) is 3.77. The van der Waals surface area contributed by atoms with Crippen molar-refractivity contribution in [2.45, 2.75) is 45.5 Å². The lowest BCUT2D eigenvalue weighted by atomic mass is 10.1. The van der Waals surface area contributed by atoms with Crippen molar-refractivity contribution in [2.75, 3.05) is 6.61 Å². The lowest BCUT2D eigenvalue weighted by Crippen LogP contribution is -2.41. The zero-order valence-corrected chi connectivity index (χ0v) is 16.0. The maximum absolute atomic E-state index is 11.9. The van der Waals surface area contributed by atoms with E-state index in [1.165, 1.54) is 13.8 Å². The van der Waals surface area contributed by atoms with Gasteiger partial charge in [0.25, 0.3) is 0 Å². The molecule has 0 aromatic heterocycles. The molecule has 28 heavy (non-hydrogen) atoms. The van der Waals surface area contributed by atoms with E-state index in [0.29, 0.717) is 17.7 Å². The quantitative estimate of drug-likeness (QED) is 0.232. The van der Waals surface area contributed by atoms with E-state index in [1.807, 2.05) is 0 Å². The first-order chi connectivity index (χ1) is 13.3. The van der Waals surface area contributed by atoms with Gasteiger partial charge in [-0.15, -0.1) is 0 Å². The lowest BCUT2D eigenvalue weighted by Gasteiger charge is -2.31. The number of ether oxygens (including phenoxy) is 3. The van der Waals surface area contributed by atoms with Crippen molar-refractivity contribution in [3.63, 3.8) is 0 Å². The smallest absolute Gasteiger partial charge is 0.365 e. The maximum Gasteiger partial charge on any atom is 0.365 e. The largest absolute Gasteiger partial charge is 0.463 e. The van der Waals surface area contributed by atoms with E-state index < -0.39 is 36.2 Å². The van der Waals surface area contributed by atoms with Crippen LogP contribution in [0.3, 0.4) is 0 Å². The van der Waals surface area contributed by atoms with Gasteiger partial charge in [0.1, 0.15) is 18.8 Å². The Kier molecular flexibility index (Phi) is 7.88. The second-order valence-electron chi connectivity index (χ2n) is 6.25. The Morgan fingerprint density at radius 3 is 2.39 bits per heavy atom. The van der Waals surface area contributed by atoms with Gasteiger partial charge in [-0.2, -0.15) is 0 Å². The standard InChI is InChI=1S/C20H23NO7/c1-13(21-28-20(24)16-7-5-4-6-8-16)11-17-9-10-18(26-15(3)23)19(27-17)12-25-14(2)22/h4-10,17-19H,11-12H2,1-3H3/b21-13+/t17-,18-,19+/m0/s1. The van der Waals surface area contributed by atoms with Crippen LogP contribution in [0.5, 0.6) is 0 Å². The molecule has 0 saturated heterocycles. The summed E-state index contributed by atoms with van der Waals surface area (Å²) in [5.41, 5.74) is 0.939. The van der Waals surface area contributed by atoms with Gasteiger partial charge in [-0.1, -0.05) is 29.4 Å². The van der Waals surface area contributed by atoms with Crippen molar-refractivity contribution in [1.82, 2.24) is 0 Å². The van der Waals surface area contributed by atoms with Gasteiger partial charge in [0.05, 0.1) is 17.4 Å². The molecule has 0 N–H and O–H groups in total. The fraction of sp³-hybridized carbons (Fsp3) is 0.400. The number of nitrogens with zero attached hydrogens (tertiary/aromatic N) is 1. The highest BCUT2D eigenvalue weighted by Gasteiger charge is 2.30. The number of oxime groups is 1. The minimum absolute atomic E-state index is 0.0483. The van der Waals surface area contributed by atoms with Crippen molar-refractivity contribution < 1.29 is 33.4 Å². The molecular weight excluding hydrogens is 366 g/mol. The molecule has 1 aliphatic heterocycles. The van der Waals surface area contributed by atoms with Crippen molar-refractivity contribution in [1.29, 1.82) is 0 Å². The lowest BCUT2D eigenvalue weighted by molar-refractivity contribution is -0.163. The summed E-state index contributed by atoms with van der Waals surface area (Å²) in [4.78, 5) is 39.2. The second-order valence-corrected chi connectivity index (χ2v) is 6.25. The molecule has 150 valence electrons. The van der Waals surface area contributed by atoms with Crippen LogP contribution >= 0.6 is 0 Å². The SMILES string of the molecule is CC(=O)OC[C@H]1O[C@H](C/C(C)=N/OC(=O)c2ccccc2)C=C[C@@H]1OC(C)=O. The second kappa shape index (κ2) is 10.4. The molecule has 0 radical (unpaired) electrons. The van der Waals surface area contributed by atoms with Crippen LogP contribution in [0.25, 0.3) is 0 Å². The highest BCUT2D eigenvalue weighted by molar-refractivity contribution is 5.90.